The number of aliphatic hydroxyl groups excluding tert-OH is 1. The molecule has 0 aliphatic carbocycles. The van der Waals surface area contributed by atoms with Gasteiger partial charge >= 0.3 is 5.97 Å². The van der Waals surface area contributed by atoms with Crippen LogP contribution < -0.4 is 10.2 Å². The van der Waals surface area contributed by atoms with Crippen molar-refractivity contribution in [1.82, 2.24) is 20.2 Å². The Morgan fingerprint density at radius 3 is 2.28 bits per heavy atom. The molecule has 4 aromatic rings. The van der Waals surface area contributed by atoms with Gasteiger partial charge in [-0.05, 0) is 52.4 Å². The van der Waals surface area contributed by atoms with Crippen LogP contribution >= 0.6 is 0 Å². The van der Waals surface area contributed by atoms with Gasteiger partial charge in [-0.25, -0.2) is 9.97 Å². The molecular weight excluding hydrogens is 634 g/mol. The molecule has 11 nitrogen and oxygen atoms in total. The van der Waals surface area contributed by atoms with Crippen molar-refractivity contribution >= 4 is 17.8 Å². The minimum Gasteiger partial charge on any atom is -0.481 e. The number of amides is 1. The second-order valence-electron chi connectivity index (χ2n) is 13.0. The lowest BCUT2D eigenvalue weighted by molar-refractivity contribution is -0.276. The predicted octanol–water partition coefficient (Wildman–Crippen LogP) is 5.12. The molecule has 2 aliphatic rings. The van der Waals surface area contributed by atoms with Gasteiger partial charge < -0.3 is 29.9 Å². The second-order valence-corrected chi connectivity index (χ2v) is 13.0. The summed E-state index contributed by atoms with van der Waals surface area (Å²) in [5.41, 5.74) is 5.77. The fourth-order valence-corrected chi connectivity index (χ4v) is 6.58. The van der Waals surface area contributed by atoms with Gasteiger partial charge in [0, 0.05) is 76.0 Å². The Morgan fingerprint density at radius 1 is 0.840 bits per heavy atom. The fourth-order valence-electron chi connectivity index (χ4n) is 6.58. The van der Waals surface area contributed by atoms with Crippen molar-refractivity contribution in [3.05, 3.63) is 114 Å². The first-order valence-electron chi connectivity index (χ1n) is 17.3. The van der Waals surface area contributed by atoms with Crippen LogP contribution in [0, 0.1) is 5.92 Å². The number of carbonyl (C=O) groups excluding carboxylic acids is 1. The normalized spacial score (nSPS) is 21.1. The maximum Gasteiger partial charge on any atom is 0.303 e. The molecular formula is C39H45N5O6. The number of aromatic nitrogens is 2. The molecule has 50 heavy (non-hydrogen) atoms. The standard InChI is InChI=1S/C39H45N5O6/c1-27-34(25-43-18-20-44(21-19-43)39-40-16-5-17-41-39)49-38(50-37(27)30-14-12-28(26-45)13-15-30)33-9-3-8-32(23-33)31-7-2-6-29(22-31)24-42-35(46)10-4-11-36(47)48/h2-3,5-9,12-17,22-23,27,34,37-38,45H,4,10-11,18-21,24-26H2,1H3,(H,42,46)(H,47,48). The number of ether oxygens (including phenoxy) is 2. The van der Waals surface area contributed by atoms with Gasteiger partial charge in [-0.3, -0.25) is 14.5 Å². The average Bonchev–Trinajstić information content (AvgIpc) is 3.15. The van der Waals surface area contributed by atoms with E-state index in [-0.39, 0.29) is 43.5 Å². The van der Waals surface area contributed by atoms with E-state index in [1.54, 1.807) is 12.4 Å². The minimum absolute atomic E-state index is 0.0110. The van der Waals surface area contributed by atoms with Gasteiger partial charge in [0.2, 0.25) is 11.9 Å². The Kier molecular flexibility index (Phi) is 11.8. The molecule has 0 saturated carbocycles. The summed E-state index contributed by atoms with van der Waals surface area (Å²) in [4.78, 5) is 36.5. The van der Waals surface area contributed by atoms with Crippen LogP contribution in [0.1, 0.15) is 60.8 Å². The minimum atomic E-state index is -0.900. The number of nitrogens with one attached hydrogen (secondary N) is 1. The molecule has 3 N–H and O–H groups in total. The van der Waals surface area contributed by atoms with E-state index in [0.717, 1.165) is 72.1 Å². The number of nitrogens with zero attached hydrogens (tertiary/aromatic N) is 4. The zero-order valence-electron chi connectivity index (χ0n) is 28.4. The Morgan fingerprint density at radius 2 is 1.56 bits per heavy atom. The van der Waals surface area contributed by atoms with E-state index < -0.39 is 12.3 Å². The number of rotatable bonds is 13. The highest BCUT2D eigenvalue weighted by atomic mass is 16.7. The quantitative estimate of drug-likeness (QED) is 0.175. The number of carbonyl (C=O) groups is 2. The summed E-state index contributed by atoms with van der Waals surface area (Å²) in [7, 11) is 0. The van der Waals surface area contributed by atoms with E-state index in [9.17, 15) is 14.7 Å². The van der Waals surface area contributed by atoms with Crippen LogP contribution in [-0.4, -0.2) is 75.8 Å². The van der Waals surface area contributed by atoms with Crippen molar-refractivity contribution in [2.24, 2.45) is 5.92 Å². The monoisotopic (exact) mass is 679 g/mol. The van der Waals surface area contributed by atoms with Crippen LogP contribution in [0.2, 0.25) is 0 Å². The van der Waals surface area contributed by atoms with Crippen LogP contribution in [0.5, 0.6) is 0 Å². The lowest BCUT2D eigenvalue weighted by Crippen LogP contribution is -2.51. The van der Waals surface area contributed by atoms with Crippen molar-refractivity contribution in [2.45, 2.75) is 57.8 Å². The number of hydrogen-bond donors (Lipinski definition) is 3. The van der Waals surface area contributed by atoms with Gasteiger partial charge in [0.15, 0.2) is 6.29 Å². The molecule has 0 bridgehead atoms. The molecule has 4 atom stereocenters. The Hall–Kier alpha value is -4.68. The summed E-state index contributed by atoms with van der Waals surface area (Å²) >= 11 is 0. The number of carboxylic acid groups (broad SMARTS) is 1. The first-order valence-corrected chi connectivity index (χ1v) is 17.3. The van der Waals surface area contributed by atoms with E-state index in [0.29, 0.717) is 13.0 Å². The molecule has 2 saturated heterocycles. The summed E-state index contributed by atoms with van der Waals surface area (Å²) in [6, 6.07) is 26.0. The van der Waals surface area contributed by atoms with E-state index >= 15 is 0 Å². The second kappa shape index (κ2) is 16.8. The number of aliphatic carboxylic acids is 1. The number of piperazine rings is 1. The highest BCUT2D eigenvalue weighted by Crippen LogP contribution is 2.42. The summed E-state index contributed by atoms with van der Waals surface area (Å²) in [6.07, 6.45) is 3.13. The lowest BCUT2D eigenvalue weighted by atomic mass is 9.89. The van der Waals surface area contributed by atoms with Crippen LogP contribution in [0.4, 0.5) is 5.95 Å². The summed E-state index contributed by atoms with van der Waals surface area (Å²) in [6.45, 7) is 6.73. The molecule has 3 heterocycles. The van der Waals surface area contributed by atoms with Crippen molar-refractivity contribution < 1.29 is 29.3 Å². The van der Waals surface area contributed by atoms with E-state index in [4.69, 9.17) is 14.6 Å². The SMILES string of the molecule is CC1C(CN2CCN(c3ncccn3)CC2)OC(c2cccc(-c3cccc(CNC(=O)CCCC(=O)O)c3)c2)OC1c1ccc(CO)cc1. The van der Waals surface area contributed by atoms with E-state index in [2.05, 4.69) is 50.2 Å². The zero-order chi connectivity index (χ0) is 34.9. The predicted molar refractivity (Wildman–Crippen MR) is 189 cm³/mol. The third-order valence-corrected chi connectivity index (χ3v) is 9.47. The molecule has 0 spiro atoms. The third-order valence-electron chi connectivity index (χ3n) is 9.47. The molecule has 2 fully saturated rings. The molecule has 2 aliphatic heterocycles. The summed E-state index contributed by atoms with van der Waals surface area (Å²) in [5.74, 6) is -0.234. The van der Waals surface area contributed by atoms with Crippen LogP contribution in [0.15, 0.2) is 91.3 Å². The number of benzene rings is 3. The first kappa shape index (κ1) is 35.2. The average molecular weight is 680 g/mol. The number of carboxylic acids is 1. The van der Waals surface area contributed by atoms with Gasteiger partial charge in [0.1, 0.15) is 0 Å². The Bertz CT molecular complexity index is 1710. The van der Waals surface area contributed by atoms with Crippen molar-refractivity contribution in [1.29, 1.82) is 0 Å². The van der Waals surface area contributed by atoms with Crippen molar-refractivity contribution in [2.75, 3.05) is 37.6 Å². The zero-order valence-corrected chi connectivity index (χ0v) is 28.4. The number of anilines is 1. The van der Waals surface area contributed by atoms with Gasteiger partial charge in [-0.2, -0.15) is 0 Å². The molecule has 6 rings (SSSR count). The highest BCUT2D eigenvalue weighted by molar-refractivity contribution is 5.76. The molecule has 1 aromatic heterocycles. The van der Waals surface area contributed by atoms with Crippen LogP contribution in [0.3, 0.4) is 0 Å². The highest BCUT2D eigenvalue weighted by Gasteiger charge is 2.39. The van der Waals surface area contributed by atoms with Crippen molar-refractivity contribution in [3.8, 4) is 11.1 Å². The molecule has 1 amide bonds. The Labute approximate surface area is 292 Å². The fraction of sp³-hybridized carbons (Fsp3) is 0.385. The maximum atomic E-state index is 12.2. The van der Waals surface area contributed by atoms with Crippen LogP contribution in [0.25, 0.3) is 11.1 Å². The van der Waals surface area contributed by atoms with E-state index in [1.165, 1.54) is 0 Å². The summed E-state index contributed by atoms with van der Waals surface area (Å²) < 4.78 is 13.5. The Balaban J connectivity index is 1.17. The molecule has 4 unspecified atom stereocenters. The van der Waals surface area contributed by atoms with Gasteiger partial charge in [0.05, 0.1) is 18.8 Å². The first-order chi connectivity index (χ1) is 24.4. The summed E-state index contributed by atoms with van der Waals surface area (Å²) in [5, 5.41) is 21.4. The number of aliphatic hydroxyl groups is 1. The van der Waals surface area contributed by atoms with Gasteiger partial charge in [-0.15, -0.1) is 0 Å². The van der Waals surface area contributed by atoms with Crippen molar-refractivity contribution in [3.63, 3.8) is 0 Å². The van der Waals surface area contributed by atoms with Crippen LogP contribution in [-0.2, 0) is 32.2 Å². The number of hydrogen-bond acceptors (Lipinski definition) is 9. The molecule has 11 heteroatoms. The molecule has 262 valence electrons. The third kappa shape index (κ3) is 9.10. The maximum absolute atomic E-state index is 12.2. The largest absolute Gasteiger partial charge is 0.481 e. The lowest BCUT2D eigenvalue weighted by Gasteiger charge is -2.44. The van der Waals surface area contributed by atoms with Gasteiger partial charge in [0.25, 0.3) is 0 Å². The smallest absolute Gasteiger partial charge is 0.303 e. The van der Waals surface area contributed by atoms with E-state index in [1.807, 2.05) is 60.7 Å². The topological polar surface area (TPSA) is 137 Å². The van der Waals surface area contributed by atoms with Gasteiger partial charge in [-0.1, -0.05) is 67.6 Å². The molecule has 3 aromatic carbocycles. The molecule has 0 radical (unpaired) electrons.